The predicted molar refractivity (Wildman–Crippen MR) is 50.3 cm³/mol. The van der Waals surface area contributed by atoms with Crippen LogP contribution in [0.5, 0.6) is 0 Å². The monoisotopic (exact) mass is 179 g/mol. The SMILES string of the molecule is CC(C)n1nccc1CCN=[N+]=[N-]. The third-order valence-corrected chi connectivity index (χ3v) is 1.77. The minimum atomic E-state index is 0.357. The topological polar surface area (TPSA) is 66.6 Å². The van der Waals surface area contributed by atoms with Gasteiger partial charge < -0.3 is 0 Å². The molecular weight excluding hydrogens is 166 g/mol. The Balaban J connectivity index is 2.65. The van der Waals surface area contributed by atoms with Crippen LogP contribution in [0.1, 0.15) is 25.6 Å². The number of aromatic nitrogens is 2. The van der Waals surface area contributed by atoms with Gasteiger partial charge in [-0.2, -0.15) is 5.10 Å². The highest BCUT2D eigenvalue weighted by atomic mass is 15.3. The molecule has 1 aromatic heterocycles. The molecule has 1 aromatic rings. The van der Waals surface area contributed by atoms with E-state index in [1.807, 2.05) is 10.7 Å². The van der Waals surface area contributed by atoms with Gasteiger partial charge in [-0.1, -0.05) is 5.11 Å². The molecule has 0 aliphatic heterocycles. The second-order valence-electron chi connectivity index (χ2n) is 3.07. The highest BCUT2D eigenvalue weighted by molar-refractivity contribution is 5.02. The summed E-state index contributed by atoms with van der Waals surface area (Å²) < 4.78 is 1.94. The van der Waals surface area contributed by atoms with Crippen molar-refractivity contribution in [2.24, 2.45) is 5.11 Å². The molecule has 0 amide bonds. The van der Waals surface area contributed by atoms with E-state index < -0.39 is 0 Å². The Morgan fingerprint density at radius 2 is 2.46 bits per heavy atom. The summed E-state index contributed by atoms with van der Waals surface area (Å²) in [5.41, 5.74) is 9.22. The van der Waals surface area contributed by atoms with Gasteiger partial charge in [0.1, 0.15) is 0 Å². The van der Waals surface area contributed by atoms with Gasteiger partial charge in [0.25, 0.3) is 0 Å². The zero-order valence-corrected chi connectivity index (χ0v) is 7.88. The van der Waals surface area contributed by atoms with Crippen molar-refractivity contribution in [3.05, 3.63) is 28.4 Å². The maximum atomic E-state index is 8.11. The molecule has 0 N–H and O–H groups in total. The van der Waals surface area contributed by atoms with Crippen LogP contribution in [-0.2, 0) is 6.42 Å². The highest BCUT2D eigenvalue weighted by Gasteiger charge is 2.03. The van der Waals surface area contributed by atoms with E-state index in [4.69, 9.17) is 5.53 Å². The first kappa shape index (κ1) is 9.61. The summed E-state index contributed by atoms with van der Waals surface area (Å²) in [6.45, 7) is 4.64. The average Bonchev–Trinajstić information content (AvgIpc) is 2.53. The Bertz CT molecular complexity index is 308. The molecule has 0 saturated carbocycles. The zero-order chi connectivity index (χ0) is 9.68. The minimum Gasteiger partial charge on any atom is -0.267 e. The average molecular weight is 179 g/mol. The molecule has 0 aliphatic carbocycles. The van der Waals surface area contributed by atoms with Crippen molar-refractivity contribution >= 4 is 0 Å². The van der Waals surface area contributed by atoms with Crippen LogP contribution < -0.4 is 0 Å². The van der Waals surface area contributed by atoms with Crippen molar-refractivity contribution < 1.29 is 0 Å². The van der Waals surface area contributed by atoms with Gasteiger partial charge in [0.15, 0.2) is 0 Å². The van der Waals surface area contributed by atoms with Crippen LogP contribution in [0.25, 0.3) is 10.4 Å². The molecule has 0 saturated heterocycles. The maximum absolute atomic E-state index is 8.11. The number of azide groups is 1. The van der Waals surface area contributed by atoms with Gasteiger partial charge in [0.05, 0.1) is 0 Å². The smallest absolute Gasteiger partial charge is 0.0492 e. The fourth-order valence-corrected chi connectivity index (χ4v) is 1.21. The fraction of sp³-hybridized carbons (Fsp3) is 0.625. The minimum absolute atomic E-state index is 0.357. The number of hydrogen-bond acceptors (Lipinski definition) is 2. The molecule has 5 nitrogen and oxygen atoms in total. The molecule has 0 radical (unpaired) electrons. The number of hydrogen-bond donors (Lipinski definition) is 0. The molecule has 0 fully saturated rings. The van der Waals surface area contributed by atoms with Crippen LogP contribution in [0.2, 0.25) is 0 Å². The standard InChI is InChI=1S/C8H13N5/c1-7(2)13-8(4-6-11-13)3-5-10-12-9/h4,6-7H,3,5H2,1-2H3. The summed E-state index contributed by atoms with van der Waals surface area (Å²) in [5.74, 6) is 0. The van der Waals surface area contributed by atoms with Crippen molar-refractivity contribution in [3.63, 3.8) is 0 Å². The first-order valence-electron chi connectivity index (χ1n) is 4.29. The molecule has 5 heteroatoms. The fourth-order valence-electron chi connectivity index (χ4n) is 1.21. The van der Waals surface area contributed by atoms with E-state index in [1.165, 1.54) is 0 Å². The van der Waals surface area contributed by atoms with Crippen molar-refractivity contribution in [2.45, 2.75) is 26.3 Å². The summed E-state index contributed by atoms with van der Waals surface area (Å²) in [6, 6.07) is 2.31. The molecule has 1 heterocycles. The molecule has 0 spiro atoms. The van der Waals surface area contributed by atoms with E-state index in [1.54, 1.807) is 6.20 Å². The Hall–Kier alpha value is -1.48. The van der Waals surface area contributed by atoms with Gasteiger partial charge in [-0.25, -0.2) is 0 Å². The highest BCUT2D eigenvalue weighted by Crippen LogP contribution is 2.08. The van der Waals surface area contributed by atoms with E-state index >= 15 is 0 Å². The number of rotatable bonds is 4. The third kappa shape index (κ3) is 2.49. The van der Waals surface area contributed by atoms with E-state index in [0.29, 0.717) is 12.6 Å². The Kier molecular flexibility index (Phi) is 3.34. The van der Waals surface area contributed by atoms with Crippen LogP contribution in [-0.4, -0.2) is 16.3 Å². The van der Waals surface area contributed by atoms with Gasteiger partial charge in [-0.15, -0.1) is 0 Å². The summed E-state index contributed by atoms with van der Waals surface area (Å²) in [6.07, 6.45) is 2.52. The van der Waals surface area contributed by atoms with Gasteiger partial charge in [0.2, 0.25) is 0 Å². The lowest BCUT2D eigenvalue weighted by Crippen LogP contribution is -2.08. The second-order valence-corrected chi connectivity index (χ2v) is 3.07. The van der Waals surface area contributed by atoms with Crippen LogP contribution in [0.3, 0.4) is 0 Å². The largest absolute Gasteiger partial charge is 0.267 e. The van der Waals surface area contributed by atoms with E-state index in [2.05, 4.69) is 29.0 Å². The van der Waals surface area contributed by atoms with Gasteiger partial charge in [-0.3, -0.25) is 4.68 Å². The first-order valence-corrected chi connectivity index (χ1v) is 4.29. The predicted octanol–water partition coefficient (Wildman–Crippen LogP) is 2.32. The lowest BCUT2D eigenvalue weighted by molar-refractivity contribution is 0.509. The van der Waals surface area contributed by atoms with Gasteiger partial charge in [0, 0.05) is 29.4 Å². The molecule has 70 valence electrons. The summed E-state index contributed by atoms with van der Waals surface area (Å²) in [4.78, 5) is 2.70. The van der Waals surface area contributed by atoms with Gasteiger partial charge >= 0.3 is 0 Å². The molecular formula is C8H13N5. The molecule has 0 aromatic carbocycles. The van der Waals surface area contributed by atoms with Gasteiger partial charge in [-0.05, 0) is 31.9 Å². The molecule has 1 rings (SSSR count). The second kappa shape index (κ2) is 4.52. The molecule has 0 aliphatic rings. The Morgan fingerprint density at radius 3 is 3.08 bits per heavy atom. The summed E-state index contributed by atoms with van der Waals surface area (Å²) >= 11 is 0. The molecule has 0 bridgehead atoms. The van der Waals surface area contributed by atoms with Crippen LogP contribution in [0.15, 0.2) is 17.4 Å². The van der Waals surface area contributed by atoms with Crippen LogP contribution in [0.4, 0.5) is 0 Å². The van der Waals surface area contributed by atoms with E-state index in [0.717, 1.165) is 12.1 Å². The lowest BCUT2D eigenvalue weighted by Gasteiger charge is -2.09. The van der Waals surface area contributed by atoms with Crippen molar-refractivity contribution in [3.8, 4) is 0 Å². The lowest BCUT2D eigenvalue weighted by atomic mass is 10.3. The van der Waals surface area contributed by atoms with Crippen LogP contribution >= 0.6 is 0 Å². The maximum Gasteiger partial charge on any atom is 0.0492 e. The quantitative estimate of drug-likeness (QED) is 0.397. The normalized spacial score (nSPS) is 10.1. The van der Waals surface area contributed by atoms with E-state index in [9.17, 15) is 0 Å². The first-order chi connectivity index (χ1) is 6.25. The van der Waals surface area contributed by atoms with Crippen molar-refractivity contribution in [1.29, 1.82) is 0 Å². The third-order valence-electron chi connectivity index (χ3n) is 1.77. The van der Waals surface area contributed by atoms with Crippen molar-refractivity contribution in [2.75, 3.05) is 6.54 Å². The molecule has 13 heavy (non-hydrogen) atoms. The Labute approximate surface area is 77.0 Å². The zero-order valence-electron chi connectivity index (χ0n) is 7.88. The Morgan fingerprint density at radius 1 is 1.69 bits per heavy atom. The van der Waals surface area contributed by atoms with E-state index in [-0.39, 0.29) is 0 Å². The van der Waals surface area contributed by atoms with Crippen molar-refractivity contribution in [1.82, 2.24) is 9.78 Å². The molecule has 0 atom stereocenters. The molecule has 0 unspecified atom stereocenters. The number of nitrogens with zero attached hydrogens (tertiary/aromatic N) is 5. The summed E-state index contributed by atoms with van der Waals surface area (Å²) in [7, 11) is 0. The van der Waals surface area contributed by atoms with Crippen LogP contribution in [0, 0.1) is 0 Å². The summed E-state index contributed by atoms with van der Waals surface area (Å²) in [5, 5.41) is 7.66.